The number of likely N-dealkylation sites (N-methyl/N-ethyl adjacent to an activating group) is 1. The Labute approximate surface area is 230 Å². The van der Waals surface area contributed by atoms with Crippen LogP contribution in [0.2, 0.25) is 0 Å². The monoisotopic (exact) mass is 526 g/mol. The molecule has 1 unspecified atom stereocenters. The highest BCUT2D eigenvalue weighted by atomic mass is 16.3. The average molecular weight is 527 g/mol. The molecule has 2 atom stereocenters. The van der Waals surface area contributed by atoms with Crippen LogP contribution in [0.4, 0.5) is 0 Å². The number of aryl methyl sites for hydroxylation is 1. The second kappa shape index (κ2) is 10.4. The van der Waals surface area contributed by atoms with Crippen LogP contribution in [-0.4, -0.2) is 59.6 Å². The third-order valence-electron chi connectivity index (χ3n) is 9.14. The van der Waals surface area contributed by atoms with Gasteiger partial charge in [-0.15, -0.1) is 0 Å². The first-order valence-corrected chi connectivity index (χ1v) is 14.2. The topological polar surface area (TPSA) is 94.6 Å². The Kier molecular flexibility index (Phi) is 6.89. The van der Waals surface area contributed by atoms with Crippen LogP contribution in [0.5, 0.6) is 0 Å². The van der Waals surface area contributed by atoms with E-state index in [-0.39, 0.29) is 24.5 Å². The molecule has 2 aliphatic carbocycles. The van der Waals surface area contributed by atoms with Gasteiger partial charge in [0.1, 0.15) is 0 Å². The molecule has 6 rings (SSSR count). The van der Waals surface area contributed by atoms with E-state index >= 15 is 0 Å². The van der Waals surface area contributed by atoms with Crippen molar-refractivity contribution in [2.24, 2.45) is 11.3 Å². The van der Waals surface area contributed by atoms with Gasteiger partial charge in [0.05, 0.1) is 17.6 Å². The zero-order chi connectivity index (χ0) is 27.1. The largest absolute Gasteiger partial charge is 0.396 e. The maximum absolute atomic E-state index is 13.4. The second-order valence-electron chi connectivity index (χ2n) is 12.2. The molecule has 7 heteroatoms. The van der Waals surface area contributed by atoms with Crippen molar-refractivity contribution in [3.63, 3.8) is 0 Å². The van der Waals surface area contributed by atoms with E-state index in [1.54, 1.807) is 6.07 Å². The van der Waals surface area contributed by atoms with Gasteiger partial charge in [-0.3, -0.25) is 14.6 Å². The fourth-order valence-corrected chi connectivity index (χ4v) is 6.32. The second-order valence-corrected chi connectivity index (χ2v) is 12.2. The normalized spacial score (nSPS) is 21.1. The summed E-state index contributed by atoms with van der Waals surface area (Å²) in [4.78, 5) is 33.2. The van der Waals surface area contributed by atoms with Gasteiger partial charge in [-0.2, -0.15) is 0 Å². The molecule has 3 aliphatic rings. The number of benzene rings is 2. The molecule has 1 aliphatic heterocycles. The van der Waals surface area contributed by atoms with Gasteiger partial charge in [-0.05, 0) is 104 Å². The lowest BCUT2D eigenvalue weighted by atomic mass is 9.77. The first-order valence-electron chi connectivity index (χ1n) is 14.2. The van der Waals surface area contributed by atoms with E-state index in [9.17, 15) is 14.7 Å². The Morgan fingerprint density at radius 2 is 1.90 bits per heavy atom. The Hall–Kier alpha value is -3.29. The summed E-state index contributed by atoms with van der Waals surface area (Å²) in [5.74, 6) is 0.402. The summed E-state index contributed by atoms with van der Waals surface area (Å²) in [6.45, 7) is 4.03. The molecular weight excluding hydrogens is 488 g/mol. The summed E-state index contributed by atoms with van der Waals surface area (Å²) in [5, 5.41) is 16.9. The van der Waals surface area contributed by atoms with Gasteiger partial charge in [0.25, 0.3) is 11.8 Å². The van der Waals surface area contributed by atoms with Crippen LogP contribution < -0.4 is 10.6 Å². The summed E-state index contributed by atoms with van der Waals surface area (Å²) in [6.07, 6.45) is 6.34. The molecule has 2 aromatic carbocycles. The molecular formula is C32H38N4O3. The number of nitrogens with zero attached hydrogens (tertiary/aromatic N) is 2. The number of likely N-dealkylation sites (tertiary alicyclic amines) is 1. The summed E-state index contributed by atoms with van der Waals surface area (Å²) in [7, 11) is 2.02. The molecule has 0 spiro atoms. The van der Waals surface area contributed by atoms with Gasteiger partial charge in [-0.25, -0.2) is 0 Å². The SMILES string of the molecule is CN1CC(NC(=O)c2cccc([C@@H](CCO)NC(=O)c3ccc4nc5c(cc4c3)CC(C3(C)CC3)CC5)c2)C1. The molecule has 2 fully saturated rings. The number of nitrogens with one attached hydrogen (secondary N) is 2. The standard InChI is InChI=1S/C32H38N4O3/c1-32(11-12-32)25-7-9-28-24(17-25)16-23-15-22(6-8-27(23)34-28)31(39)35-29(10-13-37)20-4-3-5-21(14-20)30(38)33-26-18-36(2)19-26/h3-6,8,14-16,25-26,29,37H,7,9-13,17-19H2,1-2H3,(H,33,38)(H,35,39)/t25?,29-/m1/s1. The fourth-order valence-electron chi connectivity index (χ4n) is 6.32. The minimum Gasteiger partial charge on any atom is -0.396 e. The molecule has 0 radical (unpaired) electrons. The summed E-state index contributed by atoms with van der Waals surface area (Å²) >= 11 is 0. The highest BCUT2D eigenvalue weighted by Gasteiger charge is 2.45. The Balaban J connectivity index is 1.18. The van der Waals surface area contributed by atoms with Gasteiger partial charge < -0.3 is 20.6 Å². The quantitative estimate of drug-likeness (QED) is 0.412. The lowest BCUT2D eigenvalue weighted by molar-refractivity contribution is 0.0857. The predicted octanol–water partition coefficient (Wildman–Crippen LogP) is 4.04. The van der Waals surface area contributed by atoms with Crippen molar-refractivity contribution in [3.8, 4) is 0 Å². The van der Waals surface area contributed by atoms with Gasteiger partial charge in [-0.1, -0.05) is 19.1 Å². The number of aliphatic hydroxyl groups is 1. The Bertz CT molecular complexity index is 1410. The molecule has 3 aromatic rings. The third kappa shape index (κ3) is 5.43. The molecule has 2 heterocycles. The van der Waals surface area contributed by atoms with Gasteiger partial charge in [0.15, 0.2) is 0 Å². The van der Waals surface area contributed by atoms with Crippen LogP contribution in [0.3, 0.4) is 0 Å². The summed E-state index contributed by atoms with van der Waals surface area (Å²) < 4.78 is 0. The molecule has 39 heavy (non-hydrogen) atoms. The average Bonchev–Trinajstić information content (AvgIpc) is 3.68. The number of aliphatic hydroxyl groups excluding tert-OH is 1. The van der Waals surface area contributed by atoms with Crippen molar-refractivity contribution in [2.45, 2.75) is 57.5 Å². The third-order valence-corrected chi connectivity index (χ3v) is 9.14. The number of aromatic nitrogens is 1. The van der Waals surface area contributed by atoms with Crippen LogP contribution in [0.25, 0.3) is 10.9 Å². The Morgan fingerprint density at radius 3 is 2.64 bits per heavy atom. The van der Waals surface area contributed by atoms with E-state index in [1.807, 2.05) is 43.4 Å². The van der Waals surface area contributed by atoms with Crippen LogP contribution in [0.1, 0.15) is 76.2 Å². The number of rotatable bonds is 8. The van der Waals surface area contributed by atoms with E-state index in [0.29, 0.717) is 23.0 Å². The van der Waals surface area contributed by atoms with Crippen LogP contribution in [-0.2, 0) is 12.8 Å². The molecule has 1 saturated carbocycles. The predicted molar refractivity (Wildman–Crippen MR) is 152 cm³/mol. The zero-order valence-corrected chi connectivity index (χ0v) is 22.9. The van der Waals surface area contributed by atoms with Crippen molar-refractivity contribution < 1.29 is 14.7 Å². The van der Waals surface area contributed by atoms with Gasteiger partial charge in [0, 0.05) is 41.9 Å². The number of fused-ring (bicyclic) bond motifs is 2. The zero-order valence-electron chi connectivity index (χ0n) is 22.9. The number of hydrogen-bond donors (Lipinski definition) is 3. The van der Waals surface area contributed by atoms with Crippen LogP contribution in [0.15, 0.2) is 48.5 Å². The summed E-state index contributed by atoms with van der Waals surface area (Å²) in [5.41, 5.74) is 5.87. The number of carbonyl (C=O) groups excluding carboxylic acids is 2. The van der Waals surface area contributed by atoms with E-state index in [4.69, 9.17) is 4.98 Å². The minimum absolute atomic E-state index is 0.0797. The summed E-state index contributed by atoms with van der Waals surface area (Å²) in [6, 6.07) is 15.0. The molecule has 0 bridgehead atoms. The molecule has 1 aromatic heterocycles. The lowest BCUT2D eigenvalue weighted by Crippen LogP contribution is -2.57. The highest BCUT2D eigenvalue weighted by Crippen LogP contribution is 2.55. The van der Waals surface area contributed by atoms with Crippen molar-refractivity contribution >= 4 is 22.7 Å². The smallest absolute Gasteiger partial charge is 0.251 e. The van der Waals surface area contributed by atoms with Crippen LogP contribution in [0, 0.1) is 11.3 Å². The van der Waals surface area contributed by atoms with E-state index in [1.165, 1.54) is 30.5 Å². The van der Waals surface area contributed by atoms with Crippen molar-refractivity contribution in [1.29, 1.82) is 0 Å². The first-order chi connectivity index (χ1) is 18.8. The molecule has 1 saturated heterocycles. The molecule has 2 amide bonds. The maximum atomic E-state index is 13.4. The number of hydrogen-bond acceptors (Lipinski definition) is 5. The van der Waals surface area contributed by atoms with Gasteiger partial charge in [0.2, 0.25) is 0 Å². The minimum atomic E-state index is -0.414. The van der Waals surface area contributed by atoms with E-state index < -0.39 is 6.04 Å². The van der Waals surface area contributed by atoms with Crippen LogP contribution >= 0.6 is 0 Å². The van der Waals surface area contributed by atoms with E-state index in [0.717, 1.165) is 48.3 Å². The van der Waals surface area contributed by atoms with E-state index in [2.05, 4.69) is 28.5 Å². The Morgan fingerprint density at radius 1 is 1.10 bits per heavy atom. The number of pyridine rings is 1. The molecule has 204 valence electrons. The highest BCUT2D eigenvalue weighted by molar-refractivity contribution is 5.98. The van der Waals surface area contributed by atoms with Crippen molar-refractivity contribution in [2.75, 3.05) is 26.7 Å². The molecule has 3 N–H and O–H groups in total. The van der Waals surface area contributed by atoms with Gasteiger partial charge >= 0.3 is 0 Å². The number of carbonyl (C=O) groups is 2. The lowest BCUT2D eigenvalue weighted by Gasteiger charge is -2.36. The number of amides is 2. The fraction of sp³-hybridized carbons (Fsp3) is 0.469. The molecule has 7 nitrogen and oxygen atoms in total. The van der Waals surface area contributed by atoms with Crippen molar-refractivity contribution in [1.82, 2.24) is 20.5 Å². The maximum Gasteiger partial charge on any atom is 0.251 e. The van der Waals surface area contributed by atoms with Crippen molar-refractivity contribution in [3.05, 3.63) is 76.5 Å². The first kappa shape index (κ1) is 26.0.